The van der Waals surface area contributed by atoms with Crippen LogP contribution in [0.5, 0.6) is 0 Å². The predicted molar refractivity (Wildman–Crippen MR) is 73.8 cm³/mol. The first-order chi connectivity index (χ1) is 8.78. The summed E-state index contributed by atoms with van der Waals surface area (Å²) in [4.78, 5) is 6.45. The number of halogens is 1. The zero-order valence-electron chi connectivity index (χ0n) is 10.9. The molecule has 100 valence electrons. The Morgan fingerprint density at radius 2 is 2.44 bits per heavy atom. The summed E-state index contributed by atoms with van der Waals surface area (Å²) in [6.07, 6.45) is 5.67. The van der Waals surface area contributed by atoms with Gasteiger partial charge in [0, 0.05) is 25.9 Å². The van der Waals surface area contributed by atoms with Crippen LogP contribution in [0, 0.1) is 0 Å². The number of nitrogens with zero attached hydrogens (tertiary/aromatic N) is 2. The molecule has 0 spiro atoms. The number of rotatable bonds is 5. The van der Waals surface area contributed by atoms with Crippen molar-refractivity contribution in [3.8, 4) is 0 Å². The van der Waals surface area contributed by atoms with Crippen molar-refractivity contribution in [3.63, 3.8) is 0 Å². The van der Waals surface area contributed by atoms with E-state index in [1.165, 1.54) is 18.4 Å². The summed E-state index contributed by atoms with van der Waals surface area (Å²) in [5, 5.41) is 0.572. The zero-order valence-corrected chi connectivity index (χ0v) is 11.7. The molecule has 1 aromatic rings. The minimum atomic E-state index is 0.399. The number of ether oxygens (including phenoxy) is 1. The van der Waals surface area contributed by atoms with Gasteiger partial charge in [-0.05, 0) is 43.5 Å². The summed E-state index contributed by atoms with van der Waals surface area (Å²) < 4.78 is 5.84. The highest BCUT2D eigenvalue weighted by molar-refractivity contribution is 6.29. The van der Waals surface area contributed by atoms with Crippen LogP contribution in [0.25, 0.3) is 0 Å². The van der Waals surface area contributed by atoms with Crippen molar-refractivity contribution < 1.29 is 4.74 Å². The van der Waals surface area contributed by atoms with E-state index in [-0.39, 0.29) is 0 Å². The SMILES string of the molecule is CCCOC1CCCN(Cc2ccnc(Cl)c2)C1. The molecule has 1 unspecified atom stereocenters. The molecular weight excluding hydrogens is 248 g/mol. The fourth-order valence-electron chi connectivity index (χ4n) is 2.38. The number of hydrogen-bond donors (Lipinski definition) is 0. The van der Waals surface area contributed by atoms with Crippen LogP contribution in [0.3, 0.4) is 0 Å². The van der Waals surface area contributed by atoms with E-state index in [0.29, 0.717) is 11.3 Å². The minimum Gasteiger partial charge on any atom is -0.377 e. The molecule has 1 aliphatic rings. The molecule has 18 heavy (non-hydrogen) atoms. The van der Waals surface area contributed by atoms with Crippen LogP contribution >= 0.6 is 11.6 Å². The number of hydrogen-bond acceptors (Lipinski definition) is 3. The Morgan fingerprint density at radius 3 is 3.22 bits per heavy atom. The van der Waals surface area contributed by atoms with Crippen LogP contribution in [0.2, 0.25) is 5.15 Å². The normalized spacial score (nSPS) is 21.1. The van der Waals surface area contributed by atoms with Gasteiger partial charge < -0.3 is 4.74 Å². The lowest BCUT2D eigenvalue weighted by molar-refractivity contribution is -0.00223. The van der Waals surface area contributed by atoms with Crippen molar-refractivity contribution in [3.05, 3.63) is 29.0 Å². The van der Waals surface area contributed by atoms with Gasteiger partial charge in [0.05, 0.1) is 6.10 Å². The fraction of sp³-hybridized carbons (Fsp3) is 0.643. The monoisotopic (exact) mass is 268 g/mol. The molecule has 1 fully saturated rings. The number of pyridine rings is 1. The largest absolute Gasteiger partial charge is 0.377 e. The zero-order chi connectivity index (χ0) is 12.8. The maximum atomic E-state index is 5.91. The quantitative estimate of drug-likeness (QED) is 0.767. The summed E-state index contributed by atoms with van der Waals surface area (Å²) in [7, 11) is 0. The molecule has 1 saturated heterocycles. The van der Waals surface area contributed by atoms with E-state index in [4.69, 9.17) is 16.3 Å². The molecule has 1 atom stereocenters. The third-order valence-corrected chi connectivity index (χ3v) is 3.42. The fourth-order valence-corrected chi connectivity index (χ4v) is 2.57. The van der Waals surface area contributed by atoms with Gasteiger partial charge in [0.25, 0.3) is 0 Å². The van der Waals surface area contributed by atoms with E-state index in [9.17, 15) is 0 Å². The highest BCUT2D eigenvalue weighted by atomic mass is 35.5. The Bertz CT molecular complexity index is 373. The standard InChI is InChI=1S/C14H21ClN2O/c1-2-8-18-13-4-3-7-17(11-13)10-12-5-6-16-14(15)9-12/h5-6,9,13H,2-4,7-8,10-11H2,1H3. The number of piperidine rings is 1. The highest BCUT2D eigenvalue weighted by Crippen LogP contribution is 2.17. The molecule has 0 saturated carbocycles. The van der Waals surface area contributed by atoms with Gasteiger partial charge in [-0.3, -0.25) is 4.90 Å². The molecule has 0 aromatic carbocycles. The van der Waals surface area contributed by atoms with Gasteiger partial charge in [-0.25, -0.2) is 4.98 Å². The van der Waals surface area contributed by atoms with Gasteiger partial charge in [-0.2, -0.15) is 0 Å². The first kappa shape index (κ1) is 13.8. The molecule has 0 amide bonds. The summed E-state index contributed by atoms with van der Waals surface area (Å²) in [6, 6.07) is 3.97. The molecule has 0 N–H and O–H groups in total. The lowest BCUT2D eigenvalue weighted by Crippen LogP contribution is -2.39. The maximum Gasteiger partial charge on any atom is 0.129 e. The summed E-state index contributed by atoms with van der Waals surface area (Å²) >= 11 is 5.91. The van der Waals surface area contributed by atoms with Crippen molar-refractivity contribution in [1.82, 2.24) is 9.88 Å². The van der Waals surface area contributed by atoms with Crippen LogP contribution in [0.15, 0.2) is 18.3 Å². The van der Waals surface area contributed by atoms with E-state index in [1.807, 2.05) is 12.1 Å². The predicted octanol–water partition coefficient (Wildman–Crippen LogP) is 3.13. The summed E-state index contributed by atoms with van der Waals surface area (Å²) in [5.74, 6) is 0. The van der Waals surface area contributed by atoms with Crippen molar-refractivity contribution in [2.75, 3.05) is 19.7 Å². The first-order valence-electron chi connectivity index (χ1n) is 6.72. The summed E-state index contributed by atoms with van der Waals surface area (Å²) in [5.41, 5.74) is 1.23. The van der Waals surface area contributed by atoms with Crippen molar-refractivity contribution in [2.24, 2.45) is 0 Å². The molecule has 2 rings (SSSR count). The van der Waals surface area contributed by atoms with E-state index in [2.05, 4.69) is 16.8 Å². The molecule has 0 radical (unpaired) electrons. The second-order valence-corrected chi connectivity index (χ2v) is 5.24. The van der Waals surface area contributed by atoms with Crippen LogP contribution in [0.4, 0.5) is 0 Å². The van der Waals surface area contributed by atoms with Crippen molar-refractivity contribution in [1.29, 1.82) is 0 Å². The number of likely N-dealkylation sites (tertiary alicyclic amines) is 1. The Balaban J connectivity index is 1.85. The molecule has 4 heteroatoms. The maximum absolute atomic E-state index is 5.91. The summed E-state index contributed by atoms with van der Waals surface area (Å²) in [6.45, 7) is 6.14. The van der Waals surface area contributed by atoms with Gasteiger partial charge in [-0.1, -0.05) is 18.5 Å². The lowest BCUT2D eigenvalue weighted by atomic mass is 10.1. The average Bonchev–Trinajstić information content (AvgIpc) is 2.37. The average molecular weight is 269 g/mol. The molecule has 1 aromatic heterocycles. The third-order valence-electron chi connectivity index (χ3n) is 3.22. The van der Waals surface area contributed by atoms with E-state index >= 15 is 0 Å². The molecule has 2 heterocycles. The third kappa shape index (κ3) is 4.23. The Kier molecular flexibility index (Phi) is 5.42. The topological polar surface area (TPSA) is 25.4 Å². The second-order valence-electron chi connectivity index (χ2n) is 4.86. The van der Waals surface area contributed by atoms with Crippen LogP contribution in [-0.2, 0) is 11.3 Å². The van der Waals surface area contributed by atoms with E-state index in [0.717, 1.165) is 32.7 Å². The van der Waals surface area contributed by atoms with Gasteiger partial charge in [-0.15, -0.1) is 0 Å². The van der Waals surface area contributed by atoms with Gasteiger partial charge in [0.15, 0.2) is 0 Å². The van der Waals surface area contributed by atoms with E-state index < -0.39 is 0 Å². The Morgan fingerprint density at radius 1 is 1.56 bits per heavy atom. The molecular formula is C14H21ClN2O. The number of aromatic nitrogens is 1. The van der Waals surface area contributed by atoms with Crippen molar-refractivity contribution >= 4 is 11.6 Å². The minimum absolute atomic E-state index is 0.399. The van der Waals surface area contributed by atoms with Gasteiger partial charge in [0.2, 0.25) is 0 Å². The lowest BCUT2D eigenvalue weighted by Gasteiger charge is -2.32. The van der Waals surface area contributed by atoms with Crippen molar-refractivity contribution in [2.45, 2.75) is 38.8 Å². The van der Waals surface area contributed by atoms with Gasteiger partial charge >= 0.3 is 0 Å². The van der Waals surface area contributed by atoms with Crippen LogP contribution < -0.4 is 0 Å². The smallest absolute Gasteiger partial charge is 0.129 e. The van der Waals surface area contributed by atoms with Crippen LogP contribution in [0.1, 0.15) is 31.7 Å². The molecule has 1 aliphatic heterocycles. The van der Waals surface area contributed by atoms with E-state index in [1.54, 1.807) is 6.20 Å². The first-order valence-corrected chi connectivity index (χ1v) is 7.10. The Labute approximate surface area is 114 Å². The highest BCUT2D eigenvalue weighted by Gasteiger charge is 2.20. The van der Waals surface area contributed by atoms with Crippen LogP contribution in [-0.4, -0.2) is 35.7 Å². The second kappa shape index (κ2) is 7.07. The Hall–Kier alpha value is -0.640. The molecule has 0 bridgehead atoms. The van der Waals surface area contributed by atoms with Gasteiger partial charge in [0.1, 0.15) is 5.15 Å². The molecule has 3 nitrogen and oxygen atoms in total. The molecule has 0 aliphatic carbocycles.